The molecule has 4 aliphatic rings. The molecule has 3 aliphatic carbocycles. The molecule has 49 heavy (non-hydrogen) atoms. The largest absolute Gasteiger partial charge is 0.481 e. The first-order valence-corrected chi connectivity index (χ1v) is 17.3. The third kappa shape index (κ3) is 4.56. The Kier molecular flexibility index (Phi) is 7.13. The standard InChI is InChI=1S/C40H22N4O3S2/c41-18-22(19-42)34-26-8-2-4-10-28(26)36(45)30(34)14-24-16-32-38(48-24)39-33(47-40(32)12-6-1-7-13-40)17-25(49-39)15-31-35(23(20-43)21-44)27-9-3-5-11-29(27)37(31)46/h2-5,8-11,14-17H,1,6-7,12-13H2/b30-14-,31-15-. The molecule has 0 N–H and O–H groups in total. The van der Waals surface area contributed by atoms with Crippen LogP contribution in [-0.4, -0.2) is 11.6 Å². The summed E-state index contributed by atoms with van der Waals surface area (Å²) in [4.78, 5) is 30.7. The van der Waals surface area contributed by atoms with E-state index in [2.05, 4.69) is 6.07 Å². The van der Waals surface area contributed by atoms with Gasteiger partial charge in [0.1, 0.15) is 46.8 Å². The predicted octanol–water partition coefficient (Wildman–Crippen LogP) is 9.19. The number of thiophene rings is 2. The van der Waals surface area contributed by atoms with Crippen LogP contribution in [0.25, 0.3) is 33.1 Å². The van der Waals surface area contributed by atoms with Crippen molar-refractivity contribution < 1.29 is 14.3 Å². The number of carbonyl (C=O) groups excluding carboxylic acids is 2. The van der Waals surface area contributed by atoms with Crippen molar-refractivity contribution in [1.82, 2.24) is 0 Å². The molecule has 7 nitrogen and oxygen atoms in total. The van der Waals surface area contributed by atoms with Crippen molar-refractivity contribution in [3.63, 3.8) is 0 Å². The van der Waals surface area contributed by atoms with Crippen LogP contribution in [0, 0.1) is 45.3 Å². The smallest absolute Gasteiger partial charge is 0.194 e. The zero-order chi connectivity index (χ0) is 33.9. The average molecular weight is 671 g/mol. The molecule has 0 saturated heterocycles. The van der Waals surface area contributed by atoms with Crippen molar-refractivity contribution in [3.05, 3.63) is 121 Å². The number of nitriles is 4. The van der Waals surface area contributed by atoms with Gasteiger partial charge in [0, 0.05) is 48.7 Å². The highest BCUT2D eigenvalue weighted by Crippen LogP contribution is 2.57. The van der Waals surface area contributed by atoms with E-state index in [1.165, 1.54) is 22.7 Å². The predicted molar refractivity (Wildman–Crippen MR) is 187 cm³/mol. The lowest BCUT2D eigenvalue weighted by molar-refractivity contribution is 0.0250. The number of fused-ring (bicyclic) bond motifs is 6. The van der Waals surface area contributed by atoms with E-state index in [-0.39, 0.29) is 22.7 Å². The molecule has 8 rings (SSSR count). The molecule has 1 aliphatic heterocycles. The van der Waals surface area contributed by atoms with Gasteiger partial charge in [0.2, 0.25) is 0 Å². The second-order valence-electron chi connectivity index (χ2n) is 12.2. The van der Waals surface area contributed by atoms with Crippen LogP contribution >= 0.6 is 22.7 Å². The Balaban J connectivity index is 1.28. The van der Waals surface area contributed by atoms with Gasteiger partial charge in [-0.15, -0.1) is 22.7 Å². The number of ether oxygens (including phenoxy) is 1. The van der Waals surface area contributed by atoms with Crippen LogP contribution in [0.1, 0.15) is 79.3 Å². The summed E-state index contributed by atoms with van der Waals surface area (Å²) in [5, 5.41) is 39.1. The Labute approximate surface area is 289 Å². The number of rotatable bonds is 2. The molecule has 3 heterocycles. The summed E-state index contributed by atoms with van der Waals surface area (Å²) < 4.78 is 6.89. The quantitative estimate of drug-likeness (QED) is 0.153. The summed E-state index contributed by atoms with van der Waals surface area (Å²) >= 11 is 3.00. The molecular weight excluding hydrogens is 649 g/mol. The number of hydrogen-bond donors (Lipinski definition) is 0. The lowest BCUT2D eigenvalue weighted by Gasteiger charge is -2.40. The number of allylic oxidation sites excluding steroid dienone is 6. The summed E-state index contributed by atoms with van der Waals surface area (Å²) in [5.74, 6) is 0.243. The third-order valence-electron chi connectivity index (χ3n) is 9.56. The number of Topliss-reactive ketones (excluding diaryl/α,β-unsaturated/α-hetero) is 2. The van der Waals surface area contributed by atoms with E-state index in [1.54, 1.807) is 60.7 Å². The maximum Gasteiger partial charge on any atom is 0.194 e. The Morgan fingerprint density at radius 2 is 1.12 bits per heavy atom. The van der Waals surface area contributed by atoms with Crippen molar-refractivity contribution in [2.24, 2.45) is 0 Å². The second kappa shape index (κ2) is 11.6. The summed E-state index contributed by atoms with van der Waals surface area (Å²) in [6.07, 6.45) is 8.31. The highest BCUT2D eigenvalue weighted by atomic mass is 32.1. The minimum Gasteiger partial charge on any atom is -0.481 e. The van der Waals surface area contributed by atoms with Crippen LogP contribution in [0.3, 0.4) is 0 Å². The molecule has 2 aromatic carbocycles. The van der Waals surface area contributed by atoms with E-state index in [0.717, 1.165) is 57.2 Å². The summed E-state index contributed by atoms with van der Waals surface area (Å²) in [7, 11) is 0. The molecule has 4 aromatic rings. The summed E-state index contributed by atoms with van der Waals surface area (Å²) in [5.41, 5.74) is 3.65. The lowest BCUT2D eigenvalue weighted by Crippen LogP contribution is -2.37. The number of nitrogens with zero attached hydrogens (tertiary/aromatic N) is 4. The normalized spacial score (nSPS) is 18.1. The van der Waals surface area contributed by atoms with Crippen molar-refractivity contribution >= 4 is 57.5 Å². The van der Waals surface area contributed by atoms with Gasteiger partial charge in [-0.1, -0.05) is 55.0 Å². The first-order chi connectivity index (χ1) is 23.9. The van der Waals surface area contributed by atoms with E-state index in [9.17, 15) is 30.6 Å². The topological polar surface area (TPSA) is 139 Å². The van der Waals surface area contributed by atoms with E-state index in [1.807, 2.05) is 30.3 Å². The van der Waals surface area contributed by atoms with Crippen LogP contribution in [0.4, 0.5) is 0 Å². The first kappa shape index (κ1) is 30.2. The van der Waals surface area contributed by atoms with Crippen LogP contribution in [0.2, 0.25) is 0 Å². The van der Waals surface area contributed by atoms with Crippen molar-refractivity contribution in [2.45, 2.75) is 37.7 Å². The van der Waals surface area contributed by atoms with Crippen molar-refractivity contribution in [2.75, 3.05) is 0 Å². The maximum absolute atomic E-state index is 13.7. The third-order valence-corrected chi connectivity index (χ3v) is 11.9. The van der Waals surface area contributed by atoms with Crippen LogP contribution in [-0.2, 0) is 5.60 Å². The van der Waals surface area contributed by atoms with Gasteiger partial charge in [0.15, 0.2) is 11.6 Å². The number of ketones is 2. The molecule has 2 aromatic heterocycles. The minimum atomic E-state index is -0.551. The molecule has 1 saturated carbocycles. The van der Waals surface area contributed by atoms with Crippen LogP contribution < -0.4 is 4.74 Å². The lowest BCUT2D eigenvalue weighted by atomic mass is 9.78. The van der Waals surface area contributed by atoms with Gasteiger partial charge in [-0.25, -0.2) is 0 Å². The zero-order valence-electron chi connectivity index (χ0n) is 25.8. The van der Waals surface area contributed by atoms with Gasteiger partial charge in [-0.05, 0) is 61.1 Å². The van der Waals surface area contributed by atoms with Gasteiger partial charge in [0.05, 0.1) is 9.75 Å². The molecule has 0 radical (unpaired) electrons. The molecule has 9 heteroatoms. The summed E-state index contributed by atoms with van der Waals surface area (Å²) in [6.45, 7) is 0. The molecule has 0 unspecified atom stereocenters. The first-order valence-electron chi connectivity index (χ1n) is 15.7. The van der Waals surface area contributed by atoms with Crippen LogP contribution in [0.15, 0.2) is 83.0 Å². The van der Waals surface area contributed by atoms with Gasteiger partial charge in [0.25, 0.3) is 0 Å². The Hall–Kier alpha value is -6.10. The van der Waals surface area contributed by atoms with Crippen molar-refractivity contribution in [1.29, 1.82) is 21.0 Å². The number of carbonyl (C=O) groups is 2. The SMILES string of the molecule is N#CC(C#N)=C1/C(=C/c2cc3c(s2)-c2sc(/C=C4\C(=O)c5ccccc5C4=C(C#N)C#N)cc2C2(CCCCC2)O3)C(=O)c2ccccc21. The van der Waals surface area contributed by atoms with E-state index in [4.69, 9.17) is 4.74 Å². The fourth-order valence-corrected chi connectivity index (χ4v) is 9.79. The molecule has 0 atom stereocenters. The van der Waals surface area contributed by atoms with E-state index >= 15 is 0 Å². The molecule has 1 fully saturated rings. The molecule has 0 amide bonds. The highest BCUT2D eigenvalue weighted by Gasteiger charge is 2.44. The minimum absolute atomic E-state index is 0.107. The highest BCUT2D eigenvalue weighted by molar-refractivity contribution is 7.23. The van der Waals surface area contributed by atoms with E-state index < -0.39 is 5.60 Å². The van der Waals surface area contributed by atoms with Gasteiger partial charge in [-0.2, -0.15) is 21.0 Å². The summed E-state index contributed by atoms with van der Waals surface area (Å²) in [6, 6.07) is 26.0. The fraction of sp³-hybridized carbons (Fsp3) is 0.150. The monoisotopic (exact) mass is 670 g/mol. The average Bonchev–Trinajstić information content (AvgIpc) is 3.87. The van der Waals surface area contributed by atoms with Gasteiger partial charge < -0.3 is 4.74 Å². The Morgan fingerprint density at radius 3 is 1.63 bits per heavy atom. The Morgan fingerprint density at radius 1 is 0.653 bits per heavy atom. The number of hydrogen-bond acceptors (Lipinski definition) is 9. The van der Waals surface area contributed by atoms with Gasteiger partial charge in [-0.3, -0.25) is 9.59 Å². The second-order valence-corrected chi connectivity index (χ2v) is 14.4. The number of benzene rings is 2. The molecule has 232 valence electrons. The maximum atomic E-state index is 13.7. The zero-order valence-corrected chi connectivity index (χ0v) is 27.4. The van der Waals surface area contributed by atoms with E-state index in [0.29, 0.717) is 50.3 Å². The van der Waals surface area contributed by atoms with Crippen molar-refractivity contribution in [3.8, 4) is 39.8 Å². The Bertz CT molecular complexity index is 2460. The molecule has 1 spiro atoms. The van der Waals surface area contributed by atoms with Crippen LogP contribution in [0.5, 0.6) is 5.75 Å². The fourth-order valence-electron chi connectivity index (χ4n) is 7.42. The van der Waals surface area contributed by atoms with Gasteiger partial charge >= 0.3 is 0 Å². The molecular formula is C40H22N4O3S2. The molecule has 0 bridgehead atoms.